The number of hydrogen-bond donors (Lipinski definition) is 0. The SMILES string of the molecule is CCn1ncc(Br)c1SC. The molecule has 0 fully saturated rings. The summed E-state index contributed by atoms with van der Waals surface area (Å²) < 4.78 is 3.05. The number of aryl methyl sites for hydroxylation is 1. The van der Waals surface area contributed by atoms with Crippen LogP contribution < -0.4 is 0 Å². The molecule has 0 bridgehead atoms. The molecule has 0 N–H and O–H groups in total. The van der Waals surface area contributed by atoms with Gasteiger partial charge in [-0.2, -0.15) is 5.10 Å². The van der Waals surface area contributed by atoms with Gasteiger partial charge in [0.05, 0.1) is 10.7 Å². The van der Waals surface area contributed by atoms with Crippen molar-refractivity contribution in [2.75, 3.05) is 6.26 Å². The fourth-order valence-electron chi connectivity index (χ4n) is 0.779. The van der Waals surface area contributed by atoms with Gasteiger partial charge >= 0.3 is 0 Å². The number of halogens is 1. The maximum Gasteiger partial charge on any atom is 0.108 e. The zero-order valence-electron chi connectivity index (χ0n) is 5.97. The van der Waals surface area contributed by atoms with E-state index in [-0.39, 0.29) is 0 Å². The standard InChI is InChI=1S/C6H9BrN2S/c1-3-9-6(10-2)5(7)4-8-9/h4H,3H2,1-2H3. The van der Waals surface area contributed by atoms with E-state index in [2.05, 4.69) is 28.0 Å². The van der Waals surface area contributed by atoms with Crippen molar-refractivity contribution in [1.29, 1.82) is 0 Å². The monoisotopic (exact) mass is 220 g/mol. The smallest absolute Gasteiger partial charge is 0.108 e. The molecule has 0 aliphatic carbocycles. The van der Waals surface area contributed by atoms with Gasteiger partial charge < -0.3 is 0 Å². The average Bonchev–Trinajstić information content (AvgIpc) is 2.30. The van der Waals surface area contributed by atoms with Gasteiger partial charge in [-0.25, -0.2) is 0 Å². The number of nitrogens with zero attached hydrogens (tertiary/aromatic N) is 2. The quantitative estimate of drug-likeness (QED) is 0.713. The lowest BCUT2D eigenvalue weighted by atomic mass is 10.7. The summed E-state index contributed by atoms with van der Waals surface area (Å²) in [5, 5.41) is 5.35. The minimum atomic E-state index is 0.932. The Kier molecular flexibility index (Phi) is 2.80. The maximum atomic E-state index is 4.15. The number of aromatic nitrogens is 2. The second kappa shape index (κ2) is 3.44. The second-order valence-corrected chi connectivity index (χ2v) is 3.47. The average molecular weight is 221 g/mol. The first-order valence-corrected chi connectivity index (χ1v) is 5.06. The van der Waals surface area contributed by atoms with Crippen molar-refractivity contribution in [2.24, 2.45) is 0 Å². The van der Waals surface area contributed by atoms with Crippen LogP contribution in [0, 0.1) is 0 Å². The number of rotatable bonds is 2. The third kappa shape index (κ3) is 1.37. The van der Waals surface area contributed by atoms with Crippen LogP contribution in [0.25, 0.3) is 0 Å². The summed E-state index contributed by atoms with van der Waals surface area (Å²) in [6, 6.07) is 0. The first kappa shape index (κ1) is 8.14. The maximum absolute atomic E-state index is 4.15. The molecule has 1 aromatic heterocycles. The van der Waals surface area contributed by atoms with Crippen molar-refractivity contribution in [3.63, 3.8) is 0 Å². The molecule has 1 heterocycles. The Morgan fingerprint density at radius 3 is 2.90 bits per heavy atom. The van der Waals surface area contributed by atoms with Gasteiger partial charge in [0.25, 0.3) is 0 Å². The molecule has 1 rings (SSSR count). The molecule has 0 aliphatic heterocycles. The van der Waals surface area contributed by atoms with Crippen molar-refractivity contribution in [2.45, 2.75) is 18.5 Å². The van der Waals surface area contributed by atoms with Gasteiger partial charge in [-0.1, -0.05) is 0 Å². The molecule has 4 heteroatoms. The third-order valence-corrected chi connectivity index (χ3v) is 2.90. The van der Waals surface area contributed by atoms with Crippen molar-refractivity contribution in [1.82, 2.24) is 9.78 Å². The largest absolute Gasteiger partial charge is 0.258 e. The van der Waals surface area contributed by atoms with Crippen molar-refractivity contribution in [3.05, 3.63) is 10.7 Å². The van der Waals surface area contributed by atoms with Crippen molar-refractivity contribution < 1.29 is 0 Å². The highest BCUT2D eigenvalue weighted by molar-refractivity contribution is 9.10. The molecule has 2 nitrogen and oxygen atoms in total. The Balaban J connectivity index is 3.01. The zero-order chi connectivity index (χ0) is 7.56. The molecule has 0 amide bonds. The molecular weight excluding hydrogens is 212 g/mol. The molecule has 56 valence electrons. The van der Waals surface area contributed by atoms with E-state index >= 15 is 0 Å². The van der Waals surface area contributed by atoms with E-state index in [0.29, 0.717) is 0 Å². The fraction of sp³-hybridized carbons (Fsp3) is 0.500. The third-order valence-electron chi connectivity index (χ3n) is 1.24. The van der Waals surface area contributed by atoms with E-state index in [1.54, 1.807) is 11.8 Å². The summed E-state index contributed by atoms with van der Waals surface area (Å²) in [5.74, 6) is 0. The molecule has 0 aromatic carbocycles. The molecule has 0 aliphatic rings. The van der Waals surface area contributed by atoms with Crippen LogP contribution in [0.4, 0.5) is 0 Å². The Morgan fingerprint density at radius 1 is 1.80 bits per heavy atom. The lowest BCUT2D eigenvalue weighted by Gasteiger charge is -1.99. The highest BCUT2D eigenvalue weighted by Crippen LogP contribution is 2.24. The summed E-state index contributed by atoms with van der Waals surface area (Å²) in [4.78, 5) is 0. The van der Waals surface area contributed by atoms with Crippen LogP contribution in [0.1, 0.15) is 6.92 Å². The van der Waals surface area contributed by atoms with Crippen LogP contribution in [0.5, 0.6) is 0 Å². The van der Waals surface area contributed by atoms with Crippen LogP contribution in [-0.2, 0) is 6.54 Å². The summed E-state index contributed by atoms with van der Waals surface area (Å²) in [5.41, 5.74) is 0. The molecule has 0 saturated carbocycles. The van der Waals surface area contributed by atoms with Crippen LogP contribution in [0.15, 0.2) is 15.7 Å². The fourth-order valence-corrected chi connectivity index (χ4v) is 2.20. The second-order valence-electron chi connectivity index (χ2n) is 1.82. The first-order valence-electron chi connectivity index (χ1n) is 3.05. The number of thioether (sulfide) groups is 1. The minimum Gasteiger partial charge on any atom is -0.258 e. The van der Waals surface area contributed by atoms with E-state index in [4.69, 9.17) is 0 Å². The van der Waals surface area contributed by atoms with Gasteiger partial charge in [0, 0.05) is 6.54 Å². The molecule has 0 unspecified atom stereocenters. The minimum absolute atomic E-state index is 0.932. The molecule has 0 saturated heterocycles. The normalized spacial score (nSPS) is 10.3. The molecular formula is C6H9BrN2S. The van der Waals surface area contributed by atoms with Crippen molar-refractivity contribution >= 4 is 27.7 Å². The van der Waals surface area contributed by atoms with Crippen LogP contribution in [-0.4, -0.2) is 16.0 Å². The summed E-state index contributed by atoms with van der Waals surface area (Å²) in [6.07, 6.45) is 3.88. The first-order chi connectivity index (χ1) is 4.79. The molecule has 0 spiro atoms. The van der Waals surface area contributed by atoms with Gasteiger partial charge in [0.2, 0.25) is 0 Å². The van der Waals surface area contributed by atoms with Gasteiger partial charge in [-0.05, 0) is 29.1 Å². The zero-order valence-corrected chi connectivity index (χ0v) is 8.37. The lowest BCUT2D eigenvalue weighted by Crippen LogP contribution is -1.96. The van der Waals surface area contributed by atoms with Crippen LogP contribution >= 0.6 is 27.7 Å². The van der Waals surface area contributed by atoms with Crippen molar-refractivity contribution in [3.8, 4) is 0 Å². The predicted molar refractivity (Wildman–Crippen MR) is 47.4 cm³/mol. The Bertz CT molecular complexity index is 222. The highest BCUT2D eigenvalue weighted by atomic mass is 79.9. The van der Waals surface area contributed by atoms with Gasteiger partial charge in [0.1, 0.15) is 5.03 Å². The molecule has 0 radical (unpaired) electrons. The predicted octanol–water partition coefficient (Wildman–Crippen LogP) is 2.39. The van der Waals surface area contributed by atoms with E-state index in [1.807, 2.05) is 17.1 Å². The van der Waals surface area contributed by atoms with E-state index < -0.39 is 0 Å². The lowest BCUT2D eigenvalue weighted by molar-refractivity contribution is 0.605. The summed E-state index contributed by atoms with van der Waals surface area (Å²) >= 11 is 5.12. The Labute approximate surface area is 73.1 Å². The van der Waals surface area contributed by atoms with Gasteiger partial charge in [-0.15, -0.1) is 11.8 Å². The van der Waals surface area contributed by atoms with E-state index in [1.165, 1.54) is 5.03 Å². The molecule has 10 heavy (non-hydrogen) atoms. The summed E-state index contributed by atoms with van der Waals surface area (Å²) in [7, 11) is 0. The van der Waals surface area contributed by atoms with Crippen LogP contribution in [0.2, 0.25) is 0 Å². The van der Waals surface area contributed by atoms with E-state index in [0.717, 1.165) is 11.0 Å². The van der Waals surface area contributed by atoms with Crippen LogP contribution in [0.3, 0.4) is 0 Å². The summed E-state index contributed by atoms with van der Waals surface area (Å²) in [6.45, 7) is 3.01. The topological polar surface area (TPSA) is 17.8 Å². The van der Waals surface area contributed by atoms with Gasteiger partial charge in [-0.3, -0.25) is 4.68 Å². The Hall–Kier alpha value is 0.0400. The van der Waals surface area contributed by atoms with Gasteiger partial charge in [0.15, 0.2) is 0 Å². The highest BCUT2D eigenvalue weighted by Gasteiger charge is 2.03. The molecule has 0 atom stereocenters. The van der Waals surface area contributed by atoms with E-state index in [9.17, 15) is 0 Å². The molecule has 1 aromatic rings. The Morgan fingerprint density at radius 2 is 2.50 bits per heavy atom. The number of hydrogen-bond acceptors (Lipinski definition) is 2.